The Bertz CT molecular complexity index is 1360. The number of hydrogen-bond acceptors (Lipinski definition) is 4. The largest absolute Gasteiger partial charge is 0.322 e. The van der Waals surface area contributed by atoms with E-state index in [9.17, 15) is 13.2 Å². The third kappa shape index (κ3) is 4.21. The molecule has 31 heavy (non-hydrogen) atoms. The summed E-state index contributed by atoms with van der Waals surface area (Å²) in [5.74, 6) is -0.369. The topological polar surface area (TPSA) is 93.1 Å². The lowest BCUT2D eigenvalue weighted by atomic mass is 10.1. The van der Waals surface area contributed by atoms with Crippen LogP contribution >= 0.6 is 0 Å². The van der Waals surface area contributed by atoms with Crippen LogP contribution in [0.1, 0.15) is 22.8 Å². The maximum absolute atomic E-state index is 12.8. The fourth-order valence-electron chi connectivity index (χ4n) is 3.35. The van der Waals surface area contributed by atoms with E-state index in [1.165, 1.54) is 12.1 Å². The smallest absolute Gasteiger partial charge is 0.255 e. The minimum atomic E-state index is -3.64. The van der Waals surface area contributed by atoms with Crippen molar-refractivity contribution < 1.29 is 13.2 Å². The maximum Gasteiger partial charge on any atom is 0.255 e. The standard InChI is InChI=1S/C23H22N4O3S/c1-3-25-31(29,30)19-13-8-16(2)20(14-19)23(28)26-17-9-11-18(12-10-17)27-15-24-21-6-4-5-7-22(21)27/h4-15,25H,3H2,1-2H3,(H,26,28). The first-order valence-corrected chi connectivity index (χ1v) is 11.3. The van der Waals surface area contributed by atoms with E-state index in [0.29, 0.717) is 16.8 Å². The second kappa shape index (κ2) is 8.33. The van der Waals surface area contributed by atoms with Crippen molar-refractivity contribution in [3.63, 3.8) is 0 Å². The van der Waals surface area contributed by atoms with Gasteiger partial charge in [0.2, 0.25) is 10.0 Å². The maximum atomic E-state index is 12.8. The van der Waals surface area contributed by atoms with Crippen LogP contribution in [-0.2, 0) is 10.0 Å². The molecule has 2 N–H and O–H groups in total. The Kier molecular flexibility index (Phi) is 5.58. The second-order valence-electron chi connectivity index (χ2n) is 7.08. The first-order valence-electron chi connectivity index (χ1n) is 9.83. The van der Waals surface area contributed by atoms with E-state index in [0.717, 1.165) is 16.7 Å². The molecule has 0 aliphatic heterocycles. The molecule has 0 unspecified atom stereocenters. The number of anilines is 1. The number of carbonyl (C=O) groups is 1. The summed E-state index contributed by atoms with van der Waals surface area (Å²) in [4.78, 5) is 17.3. The summed E-state index contributed by atoms with van der Waals surface area (Å²) in [5.41, 5.74) is 4.42. The number of imidazole rings is 1. The van der Waals surface area contributed by atoms with Crippen LogP contribution in [0.25, 0.3) is 16.7 Å². The Hall–Kier alpha value is -3.49. The van der Waals surface area contributed by atoms with Gasteiger partial charge in [-0.25, -0.2) is 18.1 Å². The molecule has 3 aromatic carbocycles. The molecule has 0 bridgehead atoms. The van der Waals surface area contributed by atoms with E-state index in [2.05, 4.69) is 15.0 Å². The summed E-state index contributed by atoms with van der Waals surface area (Å²) >= 11 is 0. The zero-order valence-corrected chi connectivity index (χ0v) is 18.0. The molecule has 1 amide bonds. The van der Waals surface area contributed by atoms with Crippen molar-refractivity contribution in [2.45, 2.75) is 18.7 Å². The van der Waals surface area contributed by atoms with Crippen LogP contribution in [0.15, 0.2) is 78.0 Å². The van der Waals surface area contributed by atoms with Gasteiger partial charge in [0.15, 0.2) is 0 Å². The molecule has 0 aliphatic carbocycles. The molecule has 0 saturated carbocycles. The van der Waals surface area contributed by atoms with E-state index in [1.54, 1.807) is 38.4 Å². The van der Waals surface area contributed by atoms with E-state index >= 15 is 0 Å². The molecule has 0 fully saturated rings. The molecule has 4 aromatic rings. The fourth-order valence-corrected chi connectivity index (χ4v) is 4.42. The number of hydrogen-bond donors (Lipinski definition) is 2. The molecule has 0 radical (unpaired) electrons. The van der Waals surface area contributed by atoms with Crippen LogP contribution in [0.3, 0.4) is 0 Å². The quantitative estimate of drug-likeness (QED) is 0.482. The number of carbonyl (C=O) groups excluding carboxylic acids is 1. The summed E-state index contributed by atoms with van der Waals surface area (Å²) in [7, 11) is -3.64. The van der Waals surface area contributed by atoms with Crippen LogP contribution in [0.2, 0.25) is 0 Å². The third-order valence-corrected chi connectivity index (χ3v) is 6.50. The van der Waals surface area contributed by atoms with Crippen molar-refractivity contribution in [2.75, 3.05) is 11.9 Å². The van der Waals surface area contributed by atoms with Gasteiger partial charge < -0.3 is 5.32 Å². The Morgan fingerprint density at radius 1 is 1.03 bits per heavy atom. The van der Waals surface area contributed by atoms with Crippen LogP contribution in [0, 0.1) is 6.92 Å². The molecular weight excluding hydrogens is 412 g/mol. The number of para-hydroxylation sites is 2. The average Bonchev–Trinajstić information content (AvgIpc) is 3.18. The summed E-state index contributed by atoms with van der Waals surface area (Å²) < 4.78 is 29.0. The summed E-state index contributed by atoms with van der Waals surface area (Å²) in [6.45, 7) is 3.75. The number of rotatable bonds is 6. The highest BCUT2D eigenvalue weighted by Crippen LogP contribution is 2.21. The molecular formula is C23H22N4O3S. The van der Waals surface area contributed by atoms with Crippen molar-refractivity contribution in [2.24, 2.45) is 0 Å². The number of benzene rings is 3. The predicted octanol–water partition coefficient (Wildman–Crippen LogP) is 3.88. The second-order valence-corrected chi connectivity index (χ2v) is 8.85. The molecule has 1 aromatic heterocycles. The molecule has 0 aliphatic rings. The van der Waals surface area contributed by atoms with Crippen LogP contribution in [0.4, 0.5) is 5.69 Å². The molecule has 158 valence electrons. The fraction of sp³-hybridized carbons (Fsp3) is 0.130. The van der Waals surface area contributed by atoms with Crippen molar-refractivity contribution in [3.05, 3.63) is 84.2 Å². The summed E-state index contributed by atoms with van der Waals surface area (Å²) in [6.07, 6.45) is 1.76. The monoisotopic (exact) mass is 434 g/mol. The minimum Gasteiger partial charge on any atom is -0.322 e. The van der Waals surface area contributed by atoms with E-state index in [4.69, 9.17) is 0 Å². The van der Waals surface area contributed by atoms with Crippen LogP contribution in [0.5, 0.6) is 0 Å². The van der Waals surface area contributed by atoms with E-state index in [1.807, 2.05) is 41.0 Å². The van der Waals surface area contributed by atoms with Gasteiger partial charge in [0.05, 0.1) is 15.9 Å². The van der Waals surface area contributed by atoms with Crippen LogP contribution < -0.4 is 10.0 Å². The predicted molar refractivity (Wildman–Crippen MR) is 121 cm³/mol. The van der Waals surface area contributed by atoms with Gasteiger partial charge >= 0.3 is 0 Å². The Balaban J connectivity index is 1.57. The Labute approximate surface area is 180 Å². The lowest BCUT2D eigenvalue weighted by molar-refractivity contribution is 0.102. The van der Waals surface area contributed by atoms with Gasteiger partial charge in [-0.1, -0.05) is 25.1 Å². The number of aryl methyl sites for hydroxylation is 1. The summed E-state index contributed by atoms with van der Waals surface area (Å²) in [6, 6.07) is 19.8. The van der Waals surface area contributed by atoms with Crippen LogP contribution in [-0.4, -0.2) is 30.4 Å². The number of nitrogens with zero attached hydrogens (tertiary/aromatic N) is 2. The van der Waals surface area contributed by atoms with Gasteiger partial charge in [-0.2, -0.15) is 0 Å². The SMILES string of the molecule is CCNS(=O)(=O)c1ccc(C)c(C(=O)Nc2ccc(-n3cnc4ccccc43)cc2)c1. The van der Waals surface area contributed by atoms with Crippen molar-refractivity contribution in [1.29, 1.82) is 0 Å². The third-order valence-electron chi connectivity index (χ3n) is 4.96. The van der Waals surface area contributed by atoms with Crippen molar-refractivity contribution in [1.82, 2.24) is 14.3 Å². The molecule has 8 heteroatoms. The average molecular weight is 435 g/mol. The highest BCUT2D eigenvalue weighted by molar-refractivity contribution is 7.89. The van der Waals surface area contributed by atoms with Gasteiger partial charge in [0.1, 0.15) is 6.33 Å². The first kappa shape index (κ1) is 20.8. The number of amides is 1. The first-order chi connectivity index (χ1) is 14.9. The molecule has 1 heterocycles. The molecule has 4 rings (SSSR count). The van der Waals surface area contributed by atoms with Crippen molar-refractivity contribution >= 4 is 32.7 Å². The number of fused-ring (bicyclic) bond motifs is 1. The zero-order valence-electron chi connectivity index (χ0n) is 17.2. The van der Waals surface area contributed by atoms with Gasteiger partial charge in [0, 0.05) is 23.5 Å². The molecule has 0 spiro atoms. The number of nitrogens with one attached hydrogen (secondary N) is 2. The highest BCUT2D eigenvalue weighted by Gasteiger charge is 2.17. The highest BCUT2D eigenvalue weighted by atomic mass is 32.2. The Morgan fingerprint density at radius 2 is 1.77 bits per heavy atom. The van der Waals surface area contributed by atoms with Crippen molar-refractivity contribution in [3.8, 4) is 5.69 Å². The van der Waals surface area contributed by atoms with Gasteiger partial charge in [-0.15, -0.1) is 0 Å². The van der Waals surface area contributed by atoms with E-state index < -0.39 is 10.0 Å². The zero-order chi connectivity index (χ0) is 22.0. The molecule has 0 saturated heterocycles. The van der Waals surface area contributed by atoms with Gasteiger partial charge in [0.25, 0.3) is 5.91 Å². The lowest BCUT2D eigenvalue weighted by Crippen LogP contribution is -2.24. The molecule has 0 atom stereocenters. The Morgan fingerprint density at radius 3 is 2.52 bits per heavy atom. The van der Waals surface area contributed by atoms with E-state index in [-0.39, 0.29) is 17.3 Å². The number of sulfonamides is 1. The normalized spacial score (nSPS) is 11.5. The number of aromatic nitrogens is 2. The summed E-state index contributed by atoms with van der Waals surface area (Å²) in [5, 5.41) is 2.84. The minimum absolute atomic E-state index is 0.0624. The van der Waals surface area contributed by atoms with Gasteiger partial charge in [-0.05, 0) is 61.0 Å². The van der Waals surface area contributed by atoms with Gasteiger partial charge in [-0.3, -0.25) is 9.36 Å². The molecule has 7 nitrogen and oxygen atoms in total. The lowest BCUT2D eigenvalue weighted by Gasteiger charge is -2.11.